The van der Waals surface area contributed by atoms with Gasteiger partial charge in [0, 0.05) is 39.5 Å². The zero-order valence-electron chi connectivity index (χ0n) is 13.9. The maximum Gasteiger partial charge on any atom is 0.193 e. The number of piperidine rings is 1. The molecule has 0 aromatic heterocycles. The number of benzene rings is 1. The van der Waals surface area contributed by atoms with Crippen LogP contribution in [-0.4, -0.2) is 43.6 Å². The van der Waals surface area contributed by atoms with E-state index in [9.17, 15) is 0 Å². The molecule has 0 atom stereocenters. The Morgan fingerprint density at radius 2 is 1.95 bits per heavy atom. The zero-order chi connectivity index (χ0) is 15.6. The van der Waals surface area contributed by atoms with Crippen LogP contribution in [0.2, 0.25) is 0 Å². The number of guanidine groups is 1. The van der Waals surface area contributed by atoms with Crippen molar-refractivity contribution in [2.45, 2.75) is 45.1 Å². The molecule has 0 amide bonds. The van der Waals surface area contributed by atoms with Gasteiger partial charge in [-0.05, 0) is 18.6 Å². The highest BCUT2D eigenvalue weighted by molar-refractivity contribution is 5.79. The number of nitrogens with zero attached hydrogens (tertiary/aromatic N) is 2. The molecule has 0 radical (unpaired) electrons. The monoisotopic (exact) mass is 303 g/mol. The third-order valence-corrected chi connectivity index (χ3v) is 4.06. The lowest BCUT2D eigenvalue weighted by Gasteiger charge is -2.34. The average molecular weight is 303 g/mol. The molecule has 2 rings (SSSR count). The summed E-state index contributed by atoms with van der Waals surface area (Å²) in [5, 5.41) is 3.47. The zero-order valence-corrected chi connectivity index (χ0v) is 13.9. The van der Waals surface area contributed by atoms with Crippen LogP contribution in [0, 0.1) is 0 Å². The van der Waals surface area contributed by atoms with Crippen molar-refractivity contribution >= 4 is 5.96 Å². The van der Waals surface area contributed by atoms with Crippen LogP contribution in [-0.2, 0) is 0 Å². The van der Waals surface area contributed by atoms with E-state index in [1.54, 1.807) is 0 Å². The van der Waals surface area contributed by atoms with Crippen molar-refractivity contribution in [2.75, 3.05) is 26.7 Å². The molecular weight excluding hydrogens is 274 g/mol. The molecule has 1 heterocycles. The third-order valence-electron chi connectivity index (χ3n) is 4.06. The molecule has 1 N–H and O–H groups in total. The van der Waals surface area contributed by atoms with Crippen LogP contribution in [0.25, 0.3) is 0 Å². The molecule has 1 aliphatic rings. The van der Waals surface area contributed by atoms with Gasteiger partial charge >= 0.3 is 0 Å². The van der Waals surface area contributed by atoms with E-state index in [2.05, 4.69) is 22.1 Å². The highest BCUT2D eigenvalue weighted by Crippen LogP contribution is 2.18. The first-order valence-corrected chi connectivity index (χ1v) is 8.50. The molecule has 4 heteroatoms. The first-order valence-electron chi connectivity index (χ1n) is 8.50. The van der Waals surface area contributed by atoms with Crippen molar-refractivity contribution < 1.29 is 4.74 Å². The maximum atomic E-state index is 6.04. The number of aliphatic imine (C=N–C) groups is 1. The van der Waals surface area contributed by atoms with Gasteiger partial charge in [0.2, 0.25) is 0 Å². The quantitative estimate of drug-likeness (QED) is 0.498. The first-order chi connectivity index (χ1) is 10.8. The van der Waals surface area contributed by atoms with Crippen molar-refractivity contribution in [1.29, 1.82) is 0 Å². The molecule has 1 saturated heterocycles. The molecule has 1 aromatic carbocycles. The summed E-state index contributed by atoms with van der Waals surface area (Å²) < 4.78 is 6.04. The van der Waals surface area contributed by atoms with Gasteiger partial charge in [0.25, 0.3) is 0 Å². The minimum Gasteiger partial charge on any atom is -0.490 e. The van der Waals surface area contributed by atoms with Crippen LogP contribution < -0.4 is 10.1 Å². The summed E-state index contributed by atoms with van der Waals surface area (Å²) >= 11 is 0. The fraction of sp³-hybridized carbons (Fsp3) is 0.611. The van der Waals surface area contributed by atoms with Gasteiger partial charge in [0.15, 0.2) is 5.96 Å². The molecule has 122 valence electrons. The van der Waals surface area contributed by atoms with E-state index in [4.69, 9.17) is 4.74 Å². The van der Waals surface area contributed by atoms with Gasteiger partial charge in [0.05, 0.1) is 0 Å². The number of para-hydroxylation sites is 1. The summed E-state index contributed by atoms with van der Waals surface area (Å²) in [5.41, 5.74) is 0. The Kier molecular flexibility index (Phi) is 7.07. The molecule has 0 aliphatic carbocycles. The van der Waals surface area contributed by atoms with E-state index >= 15 is 0 Å². The molecular formula is C18H29N3O. The molecule has 1 aliphatic heterocycles. The standard InChI is InChI=1S/C18H29N3O/c1-3-4-8-13-20-18(19-2)21-14-11-17(12-15-21)22-16-9-6-5-7-10-16/h5-7,9-10,17H,3-4,8,11-15H2,1-2H3,(H,19,20). The van der Waals surface area contributed by atoms with Crippen LogP contribution in [0.5, 0.6) is 5.75 Å². The van der Waals surface area contributed by atoms with E-state index in [0.717, 1.165) is 44.2 Å². The number of rotatable bonds is 6. The lowest BCUT2D eigenvalue weighted by Crippen LogP contribution is -2.47. The minimum absolute atomic E-state index is 0.317. The second-order valence-electron chi connectivity index (χ2n) is 5.80. The van der Waals surface area contributed by atoms with Gasteiger partial charge in [-0.25, -0.2) is 0 Å². The van der Waals surface area contributed by atoms with E-state index < -0.39 is 0 Å². The van der Waals surface area contributed by atoms with Crippen LogP contribution in [0.4, 0.5) is 0 Å². The molecule has 0 unspecified atom stereocenters. The van der Waals surface area contributed by atoms with Crippen LogP contribution in [0.15, 0.2) is 35.3 Å². The maximum absolute atomic E-state index is 6.04. The van der Waals surface area contributed by atoms with Gasteiger partial charge in [-0.2, -0.15) is 0 Å². The summed E-state index contributed by atoms with van der Waals surface area (Å²) in [4.78, 5) is 6.75. The number of nitrogens with one attached hydrogen (secondary N) is 1. The van der Waals surface area contributed by atoms with E-state index in [0.29, 0.717) is 6.10 Å². The number of likely N-dealkylation sites (tertiary alicyclic amines) is 1. The molecule has 1 fully saturated rings. The predicted octanol–water partition coefficient (Wildman–Crippen LogP) is 3.30. The summed E-state index contributed by atoms with van der Waals surface area (Å²) in [6.45, 7) is 5.25. The first kappa shape index (κ1) is 16.7. The fourth-order valence-electron chi connectivity index (χ4n) is 2.78. The summed E-state index contributed by atoms with van der Waals surface area (Å²) in [6, 6.07) is 10.1. The second kappa shape index (κ2) is 9.34. The highest BCUT2D eigenvalue weighted by atomic mass is 16.5. The van der Waals surface area contributed by atoms with E-state index in [1.807, 2.05) is 37.4 Å². The van der Waals surface area contributed by atoms with Gasteiger partial charge in [0.1, 0.15) is 11.9 Å². The number of ether oxygens (including phenoxy) is 1. The Hall–Kier alpha value is -1.71. The number of unbranched alkanes of at least 4 members (excludes halogenated alkanes) is 2. The van der Waals surface area contributed by atoms with Crippen LogP contribution in [0.1, 0.15) is 39.0 Å². The SMILES string of the molecule is CCCCCNC(=NC)N1CCC(Oc2ccccc2)CC1. The number of hydrogen-bond acceptors (Lipinski definition) is 2. The molecule has 0 saturated carbocycles. The molecule has 0 bridgehead atoms. The largest absolute Gasteiger partial charge is 0.490 e. The van der Waals surface area contributed by atoms with Crippen molar-refractivity contribution in [2.24, 2.45) is 4.99 Å². The van der Waals surface area contributed by atoms with Crippen molar-refractivity contribution in [3.8, 4) is 5.75 Å². The second-order valence-corrected chi connectivity index (χ2v) is 5.80. The third kappa shape index (κ3) is 5.24. The van der Waals surface area contributed by atoms with Crippen LogP contribution >= 0.6 is 0 Å². The normalized spacial score (nSPS) is 16.6. The minimum atomic E-state index is 0.317. The van der Waals surface area contributed by atoms with Gasteiger partial charge in [-0.1, -0.05) is 38.0 Å². The van der Waals surface area contributed by atoms with Gasteiger partial charge in [-0.15, -0.1) is 0 Å². The molecule has 0 spiro atoms. The summed E-state index contributed by atoms with van der Waals surface area (Å²) in [5.74, 6) is 2.01. The van der Waals surface area contributed by atoms with E-state index in [-0.39, 0.29) is 0 Å². The summed E-state index contributed by atoms with van der Waals surface area (Å²) in [7, 11) is 1.87. The highest BCUT2D eigenvalue weighted by Gasteiger charge is 2.22. The average Bonchev–Trinajstić information content (AvgIpc) is 2.57. The van der Waals surface area contributed by atoms with Gasteiger partial charge in [-0.3, -0.25) is 4.99 Å². The number of hydrogen-bond donors (Lipinski definition) is 1. The smallest absolute Gasteiger partial charge is 0.193 e. The van der Waals surface area contributed by atoms with Crippen LogP contribution in [0.3, 0.4) is 0 Å². The van der Waals surface area contributed by atoms with Crippen molar-refractivity contribution in [3.63, 3.8) is 0 Å². The molecule has 1 aromatic rings. The Labute approximate surface area is 134 Å². The van der Waals surface area contributed by atoms with Gasteiger partial charge < -0.3 is 15.0 Å². The lowest BCUT2D eigenvalue weighted by atomic mass is 10.1. The Balaban J connectivity index is 1.73. The van der Waals surface area contributed by atoms with Crippen molar-refractivity contribution in [1.82, 2.24) is 10.2 Å². The fourth-order valence-corrected chi connectivity index (χ4v) is 2.78. The van der Waals surface area contributed by atoms with Crippen molar-refractivity contribution in [3.05, 3.63) is 30.3 Å². The molecule has 4 nitrogen and oxygen atoms in total. The predicted molar refractivity (Wildman–Crippen MR) is 92.6 cm³/mol. The molecule has 22 heavy (non-hydrogen) atoms. The Morgan fingerprint density at radius 1 is 1.23 bits per heavy atom. The topological polar surface area (TPSA) is 36.9 Å². The Bertz CT molecular complexity index is 439. The Morgan fingerprint density at radius 3 is 2.59 bits per heavy atom. The lowest BCUT2D eigenvalue weighted by molar-refractivity contribution is 0.129. The summed E-state index contributed by atoms with van der Waals surface area (Å²) in [6.07, 6.45) is 6.15. The van der Waals surface area contributed by atoms with E-state index in [1.165, 1.54) is 19.3 Å².